The summed E-state index contributed by atoms with van der Waals surface area (Å²) in [4.78, 5) is 1.09. The zero-order valence-electron chi connectivity index (χ0n) is 9.47. The van der Waals surface area contributed by atoms with Crippen molar-refractivity contribution in [3.05, 3.63) is 45.3 Å². The molecule has 1 N–H and O–H groups in total. The van der Waals surface area contributed by atoms with Crippen LogP contribution in [0.5, 0.6) is 0 Å². The van der Waals surface area contributed by atoms with E-state index < -0.39 is 0 Å². The van der Waals surface area contributed by atoms with Crippen molar-refractivity contribution in [2.75, 3.05) is 6.54 Å². The number of thiophene rings is 1. The van der Waals surface area contributed by atoms with Gasteiger partial charge in [-0.05, 0) is 41.3 Å². The average molecular weight is 286 g/mol. The molecule has 90 valence electrons. The van der Waals surface area contributed by atoms with E-state index in [1.165, 1.54) is 5.56 Å². The molecule has 0 fully saturated rings. The minimum absolute atomic E-state index is 0.740. The molecular formula is C13H13Cl2NS. The summed E-state index contributed by atoms with van der Waals surface area (Å²) >= 11 is 13.9. The highest BCUT2D eigenvalue weighted by atomic mass is 35.5. The molecule has 1 aromatic carbocycles. The number of hydrogen-bond donors (Lipinski definition) is 1. The molecule has 4 heteroatoms. The van der Waals surface area contributed by atoms with Crippen LogP contribution in [0.3, 0.4) is 0 Å². The van der Waals surface area contributed by atoms with Crippen molar-refractivity contribution in [3.8, 4) is 10.4 Å². The summed E-state index contributed by atoms with van der Waals surface area (Å²) < 4.78 is 0. The summed E-state index contributed by atoms with van der Waals surface area (Å²) in [6.45, 7) is 3.87. The third kappa shape index (κ3) is 3.02. The van der Waals surface area contributed by atoms with Gasteiger partial charge in [0, 0.05) is 11.6 Å². The lowest BCUT2D eigenvalue weighted by Gasteiger charge is -2.09. The van der Waals surface area contributed by atoms with Gasteiger partial charge in [0.1, 0.15) is 0 Å². The molecule has 1 heterocycles. The van der Waals surface area contributed by atoms with Crippen LogP contribution < -0.4 is 5.32 Å². The maximum Gasteiger partial charge on any atom is 0.0592 e. The maximum absolute atomic E-state index is 6.18. The second-order valence-electron chi connectivity index (χ2n) is 3.68. The highest BCUT2D eigenvalue weighted by Gasteiger charge is 2.10. The fourth-order valence-electron chi connectivity index (χ4n) is 1.66. The Morgan fingerprint density at radius 1 is 1.24 bits per heavy atom. The topological polar surface area (TPSA) is 12.0 Å². The Kier molecular flexibility index (Phi) is 4.46. The Hall–Kier alpha value is -0.540. The molecule has 1 aromatic heterocycles. The van der Waals surface area contributed by atoms with Gasteiger partial charge in [-0.15, -0.1) is 11.3 Å². The molecular weight excluding hydrogens is 273 g/mol. The van der Waals surface area contributed by atoms with E-state index in [4.69, 9.17) is 23.2 Å². The molecule has 0 aliphatic carbocycles. The maximum atomic E-state index is 6.18. The predicted octanol–water partition coefficient (Wildman–Crippen LogP) is 4.83. The third-order valence-electron chi connectivity index (χ3n) is 2.50. The van der Waals surface area contributed by atoms with Crippen molar-refractivity contribution in [1.82, 2.24) is 5.32 Å². The van der Waals surface area contributed by atoms with Gasteiger partial charge in [-0.2, -0.15) is 0 Å². The van der Waals surface area contributed by atoms with Crippen LogP contribution in [0.2, 0.25) is 10.0 Å². The molecule has 0 aliphatic heterocycles. The van der Waals surface area contributed by atoms with Crippen molar-refractivity contribution in [1.29, 1.82) is 0 Å². The molecule has 0 bridgehead atoms. The van der Waals surface area contributed by atoms with Gasteiger partial charge in [0.15, 0.2) is 0 Å². The van der Waals surface area contributed by atoms with Crippen molar-refractivity contribution in [3.63, 3.8) is 0 Å². The fourth-order valence-corrected chi connectivity index (χ4v) is 3.04. The molecule has 0 aliphatic rings. The fraction of sp³-hybridized carbons (Fsp3) is 0.231. The van der Waals surface area contributed by atoms with Crippen molar-refractivity contribution in [2.45, 2.75) is 13.5 Å². The molecule has 0 unspecified atom stereocenters. The monoisotopic (exact) mass is 285 g/mol. The summed E-state index contributed by atoms with van der Waals surface area (Å²) in [5.41, 5.74) is 2.35. The summed E-state index contributed by atoms with van der Waals surface area (Å²) in [6, 6.07) is 7.86. The Balaban J connectivity index is 2.43. The van der Waals surface area contributed by atoms with E-state index >= 15 is 0 Å². The van der Waals surface area contributed by atoms with Gasteiger partial charge >= 0.3 is 0 Å². The van der Waals surface area contributed by atoms with Gasteiger partial charge in [-0.3, -0.25) is 0 Å². The highest BCUT2D eigenvalue weighted by Crippen LogP contribution is 2.36. The molecule has 0 spiro atoms. The van der Waals surface area contributed by atoms with E-state index in [2.05, 4.69) is 18.3 Å². The number of hydrogen-bond acceptors (Lipinski definition) is 2. The molecule has 2 aromatic rings. The standard InChI is InChI=1S/C13H13Cl2NS/c1-2-16-8-9-3-4-10(14)7-11(9)13-12(15)5-6-17-13/h3-7,16H,2,8H2,1H3. The van der Waals surface area contributed by atoms with Gasteiger partial charge in [0.05, 0.1) is 9.90 Å². The Morgan fingerprint density at radius 3 is 2.71 bits per heavy atom. The first-order chi connectivity index (χ1) is 8.22. The minimum atomic E-state index is 0.740. The van der Waals surface area contributed by atoms with Crippen molar-refractivity contribution in [2.24, 2.45) is 0 Å². The first-order valence-corrected chi connectivity index (χ1v) is 7.08. The smallest absolute Gasteiger partial charge is 0.0592 e. The minimum Gasteiger partial charge on any atom is -0.313 e. The average Bonchev–Trinajstić information content (AvgIpc) is 2.74. The second kappa shape index (κ2) is 5.87. The van der Waals surface area contributed by atoms with Crippen LogP contribution in [-0.2, 0) is 6.54 Å². The third-order valence-corrected chi connectivity index (χ3v) is 4.11. The highest BCUT2D eigenvalue weighted by molar-refractivity contribution is 7.14. The lowest BCUT2D eigenvalue weighted by atomic mass is 10.1. The number of benzene rings is 1. The van der Waals surface area contributed by atoms with E-state index in [0.717, 1.165) is 33.6 Å². The Bertz CT molecular complexity index is 508. The van der Waals surface area contributed by atoms with E-state index in [0.29, 0.717) is 0 Å². The molecule has 0 atom stereocenters. The van der Waals surface area contributed by atoms with Crippen LogP contribution in [-0.4, -0.2) is 6.54 Å². The van der Waals surface area contributed by atoms with Gasteiger partial charge in [-0.25, -0.2) is 0 Å². The zero-order chi connectivity index (χ0) is 12.3. The van der Waals surface area contributed by atoms with Crippen molar-refractivity contribution < 1.29 is 0 Å². The van der Waals surface area contributed by atoms with E-state index in [-0.39, 0.29) is 0 Å². The molecule has 17 heavy (non-hydrogen) atoms. The van der Waals surface area contributed by atoms with Crippen LogP contribution in [0.25, 0.3) is 10.4 Å². The summed E-state index contributed by atoms with van der Waals surface area (Å²) in [6.07, 6.45) is 0. The molecule has 0 radical (unpaired) electrons. The first kappa shape index (κ1) is 12.9. The van der Waals surface area contributed by atoms with Crippen LogP contribution in [0.4, 0.5) is 0 Å². The Morgan fingerprint density at radius 2 is 2.06 bits per heavy atom. The molecule has 2 rings (SSSR count). The summed E-state index contributed by atoms with van der Waals surface area (Å²) in [5.74, 6) is 0. The predicted molar refractivity (Wildman–Crippen MR) is 77.2 cm³/mol. The summed E-state index contributed by atoms with van der Waals surface area (Å²) in [7, 11) is 0. The molecule has 0 saturated heterocycles. The number of halogens is 2. The SMILES string of the molecule is CCNCc1ccc(Cl)cc1-c1sccc1Cl. The zero-order valence-corrected chi connectivity index (χ0v) is 11.8. The molecule has 1 nitrogen and oxygen atoms in total. The van der Waals surface area contributed by atoms with E-state index in [1.54, 1.807) is 11.3 Å². The van der Waals surface area contributed by atoms with E-state index in [1.807, 2.05) is 23.6 Å². The van der Waals surface area contributed by atoms with Crippen LogP contribution >= 0.6 is 34.5 Å². The van der Waals surface area contributed by atoms with Crippen LogP contribution in [0.1, 0.15) is 12.5 Å². The van der Waals surface area contributed by atoms with Crippen LogP contribution in [0.15, 0.2) is 29.6 Å². The molecule has 0 amide bonds. The summed E-state index contributed by atoms with van der Waals surface area (Å²) in [5, 5.41) is 6.85. The quantitative estimate of drug-likeness (QED) is 0.848. The number of nitrogens with one attached hydrogen (secondary N) is 1. The van der Waals surface area contributed by atoms with Gasteiger partial charge < -0.3 is 5.32 Å². The lowest BCUT2D eigenvalue weighted by molar-refractivity contribution is 0.728. The second-order valence-corrected chi connectivity index (χ2v) is 5.44. The van der Waals surface area contributed by atoms with Crippen LogP contribution in [0, 0.1) is 0 Å². The normalized spacial score (nSPS) is 10.8. The van der Waals surface area contributed by atoms with E-state index in [9.17, 15) is 0 Å². The largest absolute Gasteiger partial charge is 0.313 e. The van der Waals surface area contributed by atoms with Crippen molar-refractivity contribution >= 4 is 34.5 Å². The van der Waals surface area contributed by atoms with Gasteiger partial charge in [0.2, 0.25) is 0 Å². The number of rotatable bonds is 4. The van der Waals surface area contributed by atoms with Gasteiger partial charge in [-0.1, -0.05) is 36.2 Å². The first-order valence-electron chi connectivity index (χ1n) is 5.45. The Labute approximate surface area is 115 Å². The molecule has 0 saturated carbocycles. The lowest BCUT2D eigenvalue weighted by Crippen LogP contribution is -2.12. The van der Waals surface area contributed by atoms with Gasteiger partial charge in [0.25, 0.3) is 0 Å².